The van der Waals surface area contributed by atoms with Gasteiger partial charge >= 0.3 is 0 Å². The largest absolute Gasteiger partial charge is 0.397 e. The molecule has 1 unspecified atom stereocenters. The van der Waals surface area contributed by atoms with Gasteiger partial charge in [0.15, 0.2) is 0 Å². The lowest BCUT2D eigenvalue weighted by Gasteiger charge is -2.27. The molecule has 0 bridgehead atoms. The van der Waals surface area contributed by atoms with Crippen molar-refractivity contribution in [2.75, 3.05) is 23.8 Å². The fourth-order valence-corrected chi connectivity index (χ4v) is 2.45. The van der Waals surface area contributed by atoms with Gasteiger partial charge in [-0.3, -0.25) is 0 Å². The Morgan fingerprint density at radius 2 is 2.33 bits per heavy atom. The van der Waals surface area contributed by atoms with Crippen LogP contribution >= 0.6 is 11.6 Å². The van der Waals surface area contributed by atoms with E-state index in [9.17, 15) is 5.11 Å². The van der Waals surface area contributed by atoms with Crippen molar-refractivity contribution in [2.24, 2.45) is 0 Å². The normalized spacial score (nSPS) is 20.9. The van der Waals surface area contributed by atoms with E-state index < -0.39 is 0 Å². The molecule has 1 atom stereocenters. The summed E-state index contributed by atoms with van der Waals surface area (Å²) in [5.41, 5.74) is 7.46. The number of anilines is 2. The van der Waals surface area contributed by atoms with Crippen LogP contribution in [0.3, 0.4) is 0 Å². The number of rotatable bonds is 2. The van der Waals surface area contributed by atoms with E-state index in [0.717, 1.165) is 25.1 Å². The number of benzene rings is 1. The Balaban J connectivity index is 2.36. The number of nitrogen functional groups attached to an aromatic ring is 1. The molecule has 0 aromatic heterocycles. The highest BCUT2D eigenvalue weighted by Crippen LogP contribution is 2.36. The van der Waals surface area contributed by atoms with Gasteiger partial charge < -0.3 is 15.7 Å². The first kappa shape index (κ1) is 10.6. The van der Waals surface area contributed by atoms with Crippen molar-refractivity contribution in [1.82, 2.24) is 0 Å². The number of aliphatic hydroxyl groups excluding tert-OH is 1. The second kappa shape index (κ2) is 4.29. The van der Waals surface area contributed by atoms with Gasteiger partial charge in [0.1, 0.15) is 0 Å². The molecule has 0 spiro atoms. The molecular formula is C11H15ClN2O. The molecule has 1 aromatic rings. The number of aliphatic hydroxyl groups is 1. The van der Waals surface area contributed by atoms with E-state index in [1.165, 1.54) is 0 Å². The Kier molecular flexibility index (Phi) is 3.03. The lowest BCUT2D eigenvalue weighted by molar-refractivity contribution is 0.266. The van der Waals surface area contributed by atoms with Crippen molar-refractivity contribution >= 4 is 23.0 Å². The highest BCUT2D eigenvalue weighted by Gasteiger charge is 2.26. The quantitative estimate of drug-likeness (QED) is 0.758. The fraction of sp³-hybridized carbons (Fsp3) is 0.455. The SMILES string of the molecule is Nc1cccc(Cl)c1N1CCCC1CO. The summed E-state index contributed by atoms with van der Waals surface area (Å²) in [6.07, 6.45) is 2.08. The first-order valence-electron chi connectivity index (χ1n) is 5.15. The van der Waals surface area contributed by atoms with Gasteiger partial charge in [0.05, 0.1) is 29.0 Å². The standard InChI is InChI=1S/C11H15ClN2O/c12-9-4-1-5-10(13)11(9)14-6-2-3-8(14)7-15/h1,4-5,8,15H,2-3,6-7,13H2. The van der Waals surface area contributed by atoms with Crippen molar-refractivity contribution in [3.63, 3.8) is 0 Å². The fourth-order valence-electron chi connectivity index (χ4n) is 2.15. The van der Waals surface area contributed by atoms with Gasteiger partial charge in [0, 0.05) is 6.54 Å². The Morgan fingerprint density at radius 3 is 3.00 bits per heavy atom. The van der Waals surface area contributed by atoms with Gasteiger partial charge in [-0.25, -0.2) is 0 Å². The molecule has 3 nitrogen and oxygen atoms in total. The number of halogens is 1. The second-order valence-corrected chi connectivity index (χ2v) is 4.26. The maximum absolute atomic E-state index is 9.25. The minimum atomic E-state index is 0.157. The van der Waals surface area contributed by atoms with Crippen molar-refractivity contribution in [3.8, 4) is 0 Å². The monoisotopic (exact) mass is 226 g/mol. The lowest BCUT2D eigenvalue weighted by Crippen LogP contribution is -2.32. The third kappa shape index (κ3) is 1.90. The minimum Gasteiger partial charge on any atom is -0.397 e. The molecule has 3 N–H and O–H groups in total. The predicted molar refractivity (Wildman–Crippen MR) is 63.3 cm³/mol. The van der Waals surface area contributed by atoms with Gasteiger partial charge in [0.2, 0.25) is 0 Å². The molecule has 1 fully saturated rings. The summed E-state index contributed by atoms with van der Waals surface area (Å²) >= 11 is 6.13. The third-order valence-electron chi connectivity index (χ3n) is 2.89. The summed E-state index contributed by atoms with van der Waals surface area (Å²) in [6.45, 7) is 1.07. The molecule has 82 valence electrons. The van der Waals surface area contributed by atoms with Crippen LogP contribution in [-0.4, -0.2) is 24.3 Å². The van der Waals surface area contributed by atoms with Crippen LogP contribution < -0.4 is 10.6 Å². The van der Waals surface area contributed by atoms with Gasteiger partial charge in [-0.05, 0) is 25.0 Å². The second-order valence-electron chi connectivity index (χ2n) is 3.85. The molecule has 4 heteroatoms. The molecule has 1 saturated heterocycles. The maximum Gasteiger partial charge on any atom is 0.0792 e. The van der Waals surface area contributed by atoms with Crippen molar-refractivity contribution in [3.05, 3.63) is 23.2 Å². The zero-order valence-electron chi connectivity index (χ0n) is 8.49. The van der Waals surface area contributed by atoms with Crippen LogP contribution in [0, 0.1) is 0 Å². The molecule has 2 rings (SSSR count). The maximum atomic E-state index is 9.25. The molecule has 1 heterocycles. The average molecular weight is 227 g/mol. The number of hydrogen-bond donors (Lipinski definition) is 2. The zero-order valence-corrected chi connectivity index (χ0v) is 9.24. The third-order valence-corrected chi connectivity index (χ3v) is 3.20. The van der Waals surface area contributed by atoms with E-state index in [1.54, 1.807) is 0 Å². The van der Waals surface area contributed by atoms with Crippen molar-refractivity contribution < 1.29 is 5.11 Å². The zero-order chi connectivity index (χ0) is 10.8. The molecule has 0 aliphatic carbocycles. The smallest absolute Gasteiger partial charge is 0.0792 e. The summed E-state index contributed by atoms with van der Waals surface area (Å²) in [6, 6.07) is 5.67. The first-order chi connectivity index (χ1) is 7.24. The molecule has 1 aromatic carbocycles. The number of hydrogen-bond acceptors (Lipinski definition) is 3. The molecular weight excluding hydrogens is 212 g/mol. The van der Waals surface area contributed by atoms with E-state index in [2.05, 4.69) is 4.90 Å². The van der Waals surface area contributed by atoms with Crippen LogP contribution in [0.1, 0.15) is 12.8 Å². The van der Waals surface area contributed by atoms with Gasteiger partial charge in [-0.1, -0.05) is 17.7 Å². The number of nitrogens with two attached hydrogens (primary N) is 1. The Labute approximate surface area is 94.4 Å². The highest BCUT2D eigenvalue weighted by molar-refractivity contribution is 6.34. The van der Waals surface area contributed by atoms with Gasteiger partial charge in [0.25, 0.3) is 0 Å². The molecule has 1 aliphatic heterocycles. The van der Waals surface area contributed by atoms with E-state index in [4.69, 9.17) is 17.3 Å². The first-order valence-corrected chi connectivity index (χ1v) is 5.53. The Bertz CT molecular complexity index is 336. The molecule has 1 aliphatic rings. The van der Waals surface area contributed by atoms with Gasteiger partial charge in [-0.15, -0.1) is 0 Å². The summed E-state index contributed by atoms with van der Waals surface area (Å²) < 4.78 is 0. The summed E-state index contributed by atoms with van der Waals surface area (Å²) in [5.74, 6) is 0. The lowest BCUT2D eigenvalue weighted by atomic mass is 10.2. The van der Waals surface area contributed by atoms with E-state index in [1.807, 2.05) is 18.2 Å². The van der Waals surface area contributed by atoms with E-state index in [-0.39, 0.29) is 12.6 Å². The predicted octanol–water partition coefficient (Wildman–Crippen LogP) is 1.88. The van der Waals surface area contributed by atoms with E-state index in [0.29, 0.717) is 10.7 Å². The van der Waals surface area contributed by atoms with E-state index >= 15 is 0 Å². The van der Waals surface area contributed by atoms with Crippen LogP contribution in [0.4, 0.5) is 11.4 Å². The Hall–Kier alpha value is -0.930. The summed E-state index contributed by atoms with van der Waals surface area (Å²) in [5, 5.41) is 9.92. The molecule has 0 amide bonds. The van der Waals surface area contributed by atoms with Crippen LogP contribution in [0.15, 0.2) is 18.2 Å². The minimum absolute atomic E-state index is 0.157. The van der Waals surface area contributed by atoms with Gasteiger partial charge in [-0.2, -0.15) is 0 Å². The highest BCUT2D eigenvalue weighted by atomic mass is 35.5. The summed E-state index contributed by atoms with van der Waals surface area (Å²) in [4.78, 5) is 2.11. The Morgan fingerprint density at radius 1 is 1.53 bits per heavy atom. The number of nitrogens with zero attached hydrogens (tertiary/aromatic N) is 1. The number of para-hydroxylation sites is 1. The average Bonchev–Trinajstić information content (AvgIpc) is 2.65. The summed E-state index contributed by atoms with van der Waals surface area (Å²) in [7, 11) is 0. The van der Waals surface area contributed by atoms with Crippen LogP contribution in [0.25, 0.3) is 0 Å². The van der Waals surface area contributed by atoms with Crippen molar-refractivity contribution in [1.29, 1.82) is 0 Å². The topological polar surface area (TPSA) is 49.5 Å². The van der Waals surface area contributed by atoms with Crippen LogP contribution in [0.2, 0.25) is 5.02 Å². The van der Waals surface area contributed by atoms with Crippen LogP contribution in [-0.2, 0) is 0 Å². The molecule has 0 radical (unpaired) electrons. The van der Waals surface area contributed by atoms with Crippen LogP contribution in [0.5, 0.6) is 0 Å². The van der Waals surface area contributed by atoms with Crippen molar-refractivity contribution in [2.45, 2.75) is 18.9 Å². The molecule has 0 saturated carbocycles. The molecule has 15 heavy (non-hydrogen) atoms.